The molecular weight excluding hydrogens is 771 g/mol. The Morgan fingerprint density at radius 3 is 1.34 bits per heavy atom. The van der Waals surface area contributed by atoms with Crippen LogP contribution in [0.25, 0.3) is 71.6 Å². The second-order valence-corrected chi connectivity index (χ2v) is 19.1. The zero-order valence-corrected chi connectivity index (χ0v) is 35.7. The van der Waals surface area contributed by atoms with E-state index in [4.69, 9.17) is 0 Å². The Bertz CT molecular complexity index is 3800. The molecule has 0 N–H and O–H groups in total. The molecule has 1 aromatic heterocycles. The van der Waals surface area contributed by atoms with Gasteiger partial charge in [-0.15, -0.1) is 0 Å². The summed E-state index contributed by atoms with van der Waals surface area (Å²) >= 11 is 0. The number of hydrogen-bond donors (Lipinski definition) is 0. The van der Waals surface area contributed by atoms with E-state index in [1.54, 1.807) is 0 Å². The first kappa shape index (κ1) is 34.8. The summed E-state index contributed by atoms with van der Waals surface area (Å²) in [4.78, 5) is 0. The van der Waals surface area contributed by atoms with Crippen LogP contribution in [0, 0.1) is 0 Å². The molecule has 1 heteroatoms. The molecule has 0 saturated heterocycles. The van der Waals surface area contributed by atoms with Gasteiger partial charge in [-0.2, -0.15) is 0 Å². The van der Waals surface area contributed by atoms with Gasteiger partial charge in [-0.1, -0.05) is 202 Å². The quantitative estimate of drug-likeness (QED) is 0.156. The third kappa shape index (κ3) is 3.88. The van der Waals surface area contributed by atoms with E-state index in [1.807, 2.05) is 0 Å². The van der Waals surface area contributed by atoms with Gasteiger partial charge in [0.2, 0.25) is 0 Å². The van der Waals surface area contributed by atoms with Gasteiger partial charge in [0.25, 0.3) is 0 Å². The Morgan fingerprint density at radius 1 is 0.297 bits per heavy atom. The highest BCUT2D eigenvalue weighted by molar-refractivity contribution is 6.20. The summed E-state index contributed by atoms with van der Waals surface area (Å²) in [5.74, 6) is 0. The Labute approximate surface area is 372 Å². The highest BCUT2D eigenvalue weighted by Crippen LogP contribution is 2.68. The monoisotopic (exact) mass is 811 g/mol. The maximum Gasteiger partial charge on any atom is 0.0720 e. The first-order valence-electron chi connectivity index (χ1n) is 22.8. The molecule has 2 spiro atoms. The maximum atomic E-state index is 2.61. The van der Waals surface area contributed by atoms with E-state index in [9.17, 15) is 0 Å². The van der Waals surface area contributed by atoms with Crippen LogP contribution in [0.1, 0.15) is 69.5 Å². The zero-order chi connectivity index (χ0) is 42.1. The molecular formula is C63H41N. The van der Waals surface area contributed by atoms with Crippen LogP contribution in [0.3, 0.4) is 0 Å². The van der Waals surface area contributed by atoms with E-state index in [2.05, 4.69) is 231 Å². The van der Waals surface area contributed by atoms with E-state index >= 15 is 0 Å². The van der Waals surface area contributed by atoms with Crippen LogP contribution in [0.4, 0.5) is 0 Å². The first-order chi connectivity index (χ1) is 31.5. The predicted molar refractivity (Wildman–Crippen MR) is 264 cm³/mol. The number of aromatic nitrogens is 1. The molecule has 4 aliphatic carbocycles. The van der Waals surface area contributed by atoms with Crippen LogP contribution >= 0.6 is 0 Å². The summed E-state index contributed by atoms with van der Waals surface area (Å²) in [6.45, 7) is 4.78. The molecule has 11 aromatic rings. The lowest BCUT2D eigenvalue weighted by Gasteiger charge is -2.48. The molecule has 0 fully saturated rings. The lowest BCUT2D eigenvalue weighted by molar-refractivity contribution is 0.633. The summed E-state index contributed by atoms with van der Waals surface area (Å²) in [5.41, 5.74) is 24.1. The Hall–Kier alpha value is -7.74. The SMILES string of the molecule is CC1(C)c2ccccc2-c2ccc(-n3c4cc5c(cc4c4ccc6ccccc6c43)-c3ccccc3C53c4ccccc4C4(c5ccccc5-c5ccccc54)c4ccccc43)cc21. The number of benzene rings is 10. The van der Waals surface area contributed by atoms with Crippen molar-refractivity contribution in [3.63, 3.8) is 0 Å². The van der Waals surface area contributed by atoms with Crippen LogP contribution in [-0.2, 0) is 16.2 Å². The van der Waals surface area contributed by atoms with Crippen molar-refractivity contribution in [1.82, 2.24) is 4.57 Å². The van der Waals surface area contributed by atoms with Gasteiger partial charge in [0.15, 0.2) is 0 Å². The topological polar surface area (TPSA) is 4.93 Å². The molecule has 10 aromatic carbocycles. The van der Waals surface area contributed by atoms with Gasteiger partial charge in [0.05, 0.1) is 21.9 Å². The minimum Gasteiger partial charge on any atom is -0.309 e. The molecule has 15 rings (SSSR count). The van der Waals surface area contributed by atoms with E-state index in [0.717, 1.165) is 0 Å². The summed E-state index contributed by atoms with van der Waals surface area (Å²) < 4.78 is 2.61. The fourth-order valence-electron chi connectivity index (χ4n) is 13.6. The maximum absolute atomic E-state index is 2.61. The molecule has 0 bridgehead atoms. The molecule has 64 heavy (non-hydrogen) atoms. The third-order valence-electron chi connectivity index (χ3n) is 16.1. The molecule has 0 radical (unpaired) electrons. The van der Waals surface area contributed by atoms with Crippen molar-refractivity contribution in [3.8, 4) is 39.1 Å². The average Bonchev–Trinajstić information content (AvgIpc) is 4.01. The Balaban J connectivity index is 1.10. The lowest BCUT2D eigenvalue weighted by atomic mass is 9.52. The van der Waals surface area contributed by atoms with Crippen LogP contribution in [-0.4, -0.2) is 4.57 Å². The summed E-state index contributed by atoms with van der Waals surface area (Å²) in [7, 11) is 0. The molecule has 298 valence electrons. The van der Waals surface area contributed by atoms with Crippen molar-refractivity contribution < 1.29 is 0 Å². The Kier molecular flexibility index (Phi) is 6.43. The van der Waals surface area contributed by atoms with Crippen molar-refractivity contribution in [3.05, 3.63) is 268 Å². The van der Waals surface area contributed by atoms with Gasteiger partial charge in [-0.05, 0) is 119 Å². The largest absolute Gasteiger partial charge is 0.309 e. The van der Waals surface area contributed by atoms with Crippen molar-refractivity contribution >= 4 is 32.6 Å². The van der Waals surface area contributed by atoms with E-state index in [-0.39, 0.29) is 5.41 Å². The smallest absolute Gasteiger partial charge is 0.0720 e. The van der Waals surface area contributed by atoms with Crippen molar-refractivity contribution in [2.75, 3.05) is 0 Å². The number of fused-ring (bicyclic) bond motifs is 24. The van der Waals surface area contributed by atoms with Crippen molar-refractivity contribution in [1.29, 1.82) is 0 Å². The van der Waals surface area contributed by atoms with E-state index in [1.165, 1.54) is 127 Å². The van der Waals surface area contributed by atoms with Gasteiger partial charge >= 0.3 is 0 Å². The third-order valence-corrected chi connectivity index (χ3v) is 16.1. The van der Waals surface area contributed by atoms with Crippen molar-refractivity contribution in [2.45, 2.75) is 30.1 Å². The fraction of sp³-hybridized carbons (Fsp3) is 0.0794. The first-order valence-corrected chi connectivity index (χ1v) is 22.8. The molecule has 0 atom stereocenters. The second kappa shape index (κ2) is 11.8. The van der Waals surface area contributed by atoms with Crippen LogP contribution in [0.5, 0.6) is 0 Å². The van der Waals surface area contributed by atoms with Crippen LogP contribution in [0.2, 0.25) is 0 Å². The molecule has 0 unspecified atom stereocenters. The highest BCUT2D eigenvalue weighted by Gasteiger charge is 2.59. The molecule has 0 saturated carbocycles. The van der Waals surface area contributed by atoms with Gasteiger partial charge < -0.3 is 4.57 Å². The summed E-state index contributed by atoms with van der Waals surface area (Å²) in [5, 5.41) is 5.07. The van der Waals surface area contributed by atoms with Crippen LogP contribution in [0.15, 0.2) is 212 Å². The fourth-order valence-corrected chi connectivity index (χ4v) is 13.6. The number of rotatable bonds is 1. The number of hydrogen-bond acceptors (Lipinski definition) is 0. The minimum atomic E-state index is -0.573. The Morgan fingerprint density at radius 2 is 0.750 bits per heavy atom. The van der Waals surface area contributed by atoms with Crippen LogP contribution < -0.4 is 0 Å². The molecule has 1 heterocycles. The van der Waals surface area contributed by atoms with E-state index < -0.39 is 10.8 Å². The van der Waals surface area contributed by atoms with Gasteiger partial charge in [-0.25, -0.2) is 0 Å². The summed E-state index contributed by atoms with van der Waals surface area (Å²) in [6.07, 6.45) is 0. The molecule has 4 aliphatic rings. The van der Waals surface area contributed by atoms with E-state index in [0.29, 0.717) is 0 Å². The molecule has 1 nitrogen and oxygen atoms in total. The van der Waals surface area contributed by atoms with Gasteiger partial charge in [0.1, 0.15) is 0 Å². The molecule has 0 amide bonds. The molecule has 0 aliphatic heterocycles. The second-order valence-electron chi connectivity index (χ2n) is 19.1. The predicted octanol–water partition coefficient (Wildman–Crippen LogP) is 15.3. The summed E-state index contributed by atoms with van der Waals surface area (Å²) in [6, 6.07) is 81.5. The zero-order valence-electron chi connectivity index (χ0n) is 35.7. The lowest BCUT2D eigenvalue weighted by Crippen LogP contribution is -2.43. The highest BCUT2D eigenvalue weighted by atomic mass is 15.0. The van der Waals surface area contributed by atoms with Crippen molar-refractivity contribution in [2.24, 2.45) is 0 Å². The number of nitrogens with zero attached hydrogens (tertiary/aromatic N) is 1. The minimum absolute atomic E-state index is 0.126. The standard InChI is InChI=1S/C63H41N/c1-61(2)49-23-9-5-19-41(49)45-34-32-39(35-57(45)61)64-59-37-58-47(36-48(59)46-33-31-38-17-3-4-18-40(38)60(46)64)44-22-8-12-26-52(44)63(58)55-29-15-13-27-53(55)62(54-28-14-16-30-56(54)63)50-24-10-6-20-42(50)43-21-7-11-25-51(43)62/h3-37H,1-2H3. The normalized spacial score (nSPS) is 15.7. The van der Waals surface area contributed by atoms with Gasteiger partial charge in [-0.3, -0.25) is 0 Å². The average molecular weight is 812 g/mol. The van der Waals surface area contributed by atoms with Gasteiger partial charge in [0, 0.05) is 27.3 Å².